The van der Waals surface area contributed by atoms with Crippen LogP contribution < -0.4 is 19.5 Å². The molecule has 0 amide bonds. The van der Waals surface area contributed by atoms with Crippen LogP contribution in [0.25, 0.3) is 10.9 Å². The summed E-state index contributed by atoms with van der Waals surface area (Å²) in [6, 6.07) is 7.69. The van der Waals surface area contributed by atoms with Crippen LogP contribution in [0.4, 0.5) is 0 Å². The lowest BCUT2D eigenvalue weighted by Gasteiger charge is -2.35. The van der Waals surface area contributed by atoms with Gasteiger partial charge < -0.3 is 24.3 Å². The Hall–Kier alpha value is -2.71. The number of ether oxygens (including phenoxy) is 3. The summed E-state index contributed by atoms with van der Waals surface area (Å²) in [5.41, 5.74) is 3.06. The van der Waals surface area contributed by atoms with Crippen molar-refractivity contribution in [1.82, 2.24) is 10.3 Å². The molecule has 1 unspecified atom stereocenters. The van der Waals surface area contributed by atoms with Crippen molar-refractivity contribution in [1.29, 1.82) is 0 Å². The number of carboxylic acid groups (broad SMARTS) is 1. The van der Waals surface area contributed by atoms with Gasteiger partial charge in [0.15, 0.2) is 17.0 Å². The molecule has 8 heteroatoms. The molecule has 7 nitrogen and oxygen atoms in total. The SMILES string of the molecule is COc1ccc(CC2(C(=O)O)NCCc3c2[nH]c2c(Br)c(C)ccc32)c(OC)c1OC. The Bertz CT molecular complexity index is 1170. The van der Waals surface area contributed by atoms with E-state index in [0.29, 0.717) is 35.1 Å². The van der Waals surface area contributed by atoms with Crippen molar-refractivity contribution in [3.63, 3.8) is 0 Å². The minimum Gasteiger partial charge on any atom is -0.493 e. The number of carboxylic acids is 1. The summed E-state index contributed by atoms with van der Waals surface area (Å²) in [4.78, 5) is 16.2. The predicted octanol–water partition coefficient (Wildman–Crippen LogP) is 3.93. The molecule has 1 aliphatic rings. The number of halogens is 1. The molecule has 31 heavy (non-hydrogen) atoms. The number of nitrogens with one attached hydrogen (secondary N) is 2. The summed E-state index contributed by atoms with van der Waals surface area (Å²) in [6.07, 6.45) is 0.908. The number of aryl methyl sites for hydroxylation is 1. The number of benzene rings is 2. The molecule has 0 saturated heterocycles. The van der Waals surface area contributed by atoms with Crippen LogP contribution in [0.3, 0.4) is 0 Å². The molecule has 1 aromatic heterocycles. The topological polar surface area (TPSA) is 92.8 Å². The van der Waals surface area contributed by atoms with Crippen LogP contribution in [-0.2, 0) is 23.2 Å². The van der Waals surface area contributed by atoms with Crippen molar-refractivity contribution < 1.29 is 24.1 Å². The summed E-state index contributed by atoms with van der Waals surface area (Å²) < 4.78 is 17.4. The molecule has 0 aliphatic carbocycles. The van der Waals surface area contributed by atoms with Crippen molar-refractivity contribution in [3.8, 4) is 17.2 Å². The second-order valence-corrected chi connectivity index (χ2v) is 8.45. The first-order chi connectivity index (χ1) is 14.9. The minimum atomic E-state index is -1.34. The normalized spacial score (nSPS) is 18.0. The van der Waals surface area contributed by atoms with E-state index in [4.69, 9.17) is 14.2 Å². The monoisotopic (exact) mass is 488 g/mol. The van der Waals surface area contributed by atoms with E-state index in [9.17, 15) is 9.90 Å². The first-order valence-electron chi connectivity index (χ1n) is 9.94. The van der Waals surface area contributed by atoms with Gasteiger partial charge in [-0.05, 0) is 46.5 Å². The number of hydrogen-bond donors (Lipinski definition) is 3. The maximum Gasteiger partial charge on any atom is 0.330 e. The highest BCUT2D eigenvalue weighted by atomic mass is 79.9. The number of H-pyrrole nitrogens is 1. The van der Waals surface area contributed by atoms with Gasteiger partial charge in [0.05, 0.1) is 32.5 Å². The van der Waals surface area contributed by atoms with Gasteiger partial charge in [-0.25, -0.2) is 4.79 Å². The molecule has 0 fully saturated rings. The standard InChI is InChI=1S/C23H25BrN2O5/c1-12-5-7-14-15-9-10-25-23(22(27)28,21(15)26-18(14)17(12)24)11-13-6-8-16(29-2)20(31-4)19(13)30-3/h5-8,25-26H,9-11H2,1-4H3,(H,27,28). The summed E-state index contributed by atoms with van der Waals surface area (Å²) in [7, 11) is 4.62. The second kappa shape index (κ2) is 8.09. The number of aliphatic carboxylic acids is 1. The van der Waals surface area contributed by atoms with E-state index < -0.39 is 11.5 Å². The molecule has 4 rings (SSSR count). The van der Waals surface area contributed by atoms with Crippen molar-refractivity contribution in [3.05, 3.63) is 51.1 Å². The Kier molecular flexibility index (Phi) is 5.61. The van der Waals surface area contributed by atoms with E-state index >= 15 is 0 Å². The maximum absolute atomic E-state index is 12.8. The average molecular weight is 489 g/mol. The van der Waals surface area contributed by atoms with Crippen LogP contribution in [0.15, 0.2) is 28.7 Å². The lowest BCUT2D eigenvalue weighted by atomic mass is 9.81. The van der Waals surface area contributed by atoms with Crippen LogP contribution >= 0.6 is 15.9 Å². The lowest BCUT2D eigenvalue weighted by molar-refractivity contribution is -0.145. The highest BCUT2D eigenvalue weighted by Gasteiger charge is 2.46. The summed E-state index contributed by atoms with van der Waals surface area (Å²) in [5, 5.41) is 14.8. The van der Waals surface area contributed by atoms with E-state index in [1.165, 1.54) is 14.2 Å². The molecule has 3 N–H and O–H groups in total. The molecule has 2 aromatic carbocycles. The van der Waals surface area contributed by atoms with E-state index in [2.05, 4.69) is 32.3 Å². The smallest absolute Gasteiger partial charge is 0.330 e. The third kappa shape index (κ3) is 3.25. The number of rotatable bonds is 6. The largest absolute Gasteiger partial charge is 0.493 e. The zero-order chi connectivity index (χ0) is 22.3. The Morgan fingerprint density at radius 3 is 2.52 bits per heavy atom. The summed E-state index contributed by atoms with van der Waals surface area (Å²) in [5.74, 6) is 0.470. The van der Waals surface area contributed by atoms with Gasteiger partial charge in [0.2, 0.25) is 5.75 Å². The third-order valence-electron chi connectivity index (χ3n) is 6.05. The van der Waals surface area contributed by atoms with Gasteiger partial charge in [0.25, 0.3) is 0 Å². The number of methoxy groups -OCH3 is 3. The molecule has 1 aliphatic heterocycles. The highest BCUT2D eigenvalue weighted by Crippen LogP contribution is 2.44. The first kappa shape index (κ1) is 21.5. The fraction of sp³-hybridized carbons (Fsp3) is 0.348. The van der Waals surface area contributed by atoms with Crippen molar-refractivity contribution in [2.45, 2.75) is 25.3 Å². The molecule has 3 aromatic rings. The average Bonchev–Trinajstić information content (AvgIpc) is 3.16. The Morgan fingerprint density at radius 2 is 1.87 bits per heavy atom. The Morgan fingerprint density at radius 1 is 1.13 bits per heavy atom. The molecule has 164 valence electrons. The van der Waals surface area contributed by atoms with Gasteiger partial charge >= 0.3 is 5.97 Å². The third-order valence-corrected chi connectivity index (χ3v) is 7.07. The zero-order valence-corrected chi connectivity index (χ0v) is 19.5. The van der Waals surface area contributed by atoms with E-state index in [1.807, 2.05) is 19.1 Å². The van der Waals surface area contributed by atoms with Crippen molar-refractivity contribution in [2.24, 2.45) is 0 Å². The number of aromatic nitrogens is 1. The number of hydrogen-bond acceptors (Lipinski definition) is 5. The summed E-state index contributed by atoms with van der Waals surface area (Å²) >= 11 is 3.66. The molecule has 0 bridgehead atoms. The van der Waals surface area contributed by atoms with Crippen LogP contribution in [-0.4, -0.2) is 43.9 Å². The van der Waals surface area contributed by atoms with Gasteiger partial charge in [-0.2, -0.15) is 0 Å². The highest BCUT2D eigenvalue weighted by molar-refractivity contribution is 9.10. The van der Waals surface area contributed by atoms with Gasteiger partial charge in [0, 0.05) is 28.4 Å². The lowest BCUT2D eigenvalue weighted by Crippen LogP contribution is -2.54. The number of aromatic amines is 1. The molecule has 0 spiro atoms. The second-order valence-electron chi connectivity index (χ2n) is 7.66. The van der Waals surface area contributed by atoms with Gasteiger partial charge in [0.1, 0.15) is 0 Å². The van der Waals surface area contributed by atoms with Gasteiger partial charge in [-0.3, -0.25) is 5.32 Å². The van der Waals surface area contributed by atoms with Crippen LogP contribution in [0.1, 0.15) is 22.4 Å². The van der Waals surface area contributed by atoms with E-state index in [1.54, 1.807) is 13.2 Å². The fourth-order valence-corrected chi connectivity index (χ4v) is 4.94. The van der Waals surface area contributed by atoms with Crippen LogP contribution in [0, 0.1) is 6.92 Å². The van der Waals surface area contributed by atoms with E-state index in [0.717, 1.165) is 32.9 Å². The maximum atomic E-state index is 12.8. The minimum absolute atomic E-state index is 0.169. The van der Waals surface area contributed by atoms with E-state index in [-0.39, 0.29) is 6.42 Å². The Balaban J connectivity index is 1.92. The zero-order valence-electron chi connectivity index (χ0n) is 17.9. The van der Waals surface area contributed by atoms with Crippen molar-refractivity contribution in [2.75, 3.05) is 27.9 Å². The molecule has 0 radical (unpaired) electrons. The summed E-state index contributed by atoms with van der Waals surface area (Å²) in [6.45, 7) is 2.56. The number of carbonyl (C=O) groups is 1. The molecule has 1 atom stereocenters. The van der Waals surface area contributed by atoms with Gasteiger partial charge in [-0.1, -0.05) is 18.2 Å². The number of fused-ring (bicyclic) bond motifs is 3. The van der Waals surface area contributed by atoms with Crippen molar-refractivity contribution >= 4 is 32.8 Å². The quantitative estimate of drug-likeness (QED) is 0.486. The van der Waals surface area contributed by atoms with Crippen LogP contribution in [0.5, 0.6) is 17.2 Å². The van der Waals surface area contributed by atoms with Crippen LogP contribution in [0.2, 0.25) is 0 Å². The Labute approximate surface area is 188 Å². The molecule has 2 heterocycles. The van der Waals surface area contributed by atoms with Gasteiger partial charge in [-0.15, -0.1) is 0 Å². The molecular formula is C23H25BrN2O5. The molecule has 0 saturated carbocycles. The fourth-order valence-electron chi connectivity index (χ4n) is 4.50. The predicted molar refractivity (Wildman–Crippen MR) is 122 cm³/mol. The molecular weight excluding hydrogens is 464 g/mol. The first-order valence-corrected chi connectivity index (χ1v) is 10.7.